The average Bonchev–Trinajstić information content (AvgIpc) is 2.46. The molecule has 2 rings (SSSR count). The van der Waals surface area contributed by atoms with Crippen LogP contribution in [0.25, 0.3) is 0 Å². The summed E-state index contributed by atoms with van der Waals surface area (Å²) in [5.41, 5.74) is 0.734. The number of piperidine rings is 1. The fraction of sp³-hybridized carbons (Fsp3) is 0.600. The van der Waals surface area contributed by atoms with E-state index >= 15 is 0 Å². The second kappa shape index (κ2) is 7.19. The van der Waals surface area contributed by atoms with Crippen molar-refractivity contribution in [3.8, 4) is 0 Å². The van der Waals surface area contributed by atoms with Crippen molar-refractivity contribution in [1.29, 1.82) is 0 Å². The number of benzene rings is 1. The third-order valence-electron chi connectivity index (χ3n) is 3.87. The quantitative estimate of drug-likeness (QED) is 0.762. The minimum Gasteiger partial charge on any atom is -0.303 e. The summed E-state index contributed by atoms with van der Waals surface area (Å²) in [4.78, 5) is 1.83. The molecule has 0 unspecified atom stereocenters. The van der Waals surface area contributed by atoms with Crippen molar-refractivity contribution in [2.24, 2.45) is 0 Å². The summed E-state index contributed by atoms with van der Waals surface area (Å²) in [5.74, 6) is 0.122. The van der Waals surface area contributed by atoms with E-state index in [2.05, 4.69) is 16.0 Å². The Labute approximate surface area is 134 Å². The van der Waals surface area contributed by atoms with Crippen LogP contribution >= 0.6 is 0 Å². The Morgan fingerprint density at radius 1 is 1.35 bits per heavy atom. The van der Waals surface area contributed by atoms with Crippen LogP contribution < -0.4 is 0 Å². The highest BCUT2D eigenvalue weighted by molar-refractivity contribution is 7.86. The van der Waals surface area contributed by atoms with E-state index in [1.54, 1.807) is 6.07 Å². The molecule has 1 aromatic rings. The molecular weight excluding hydrogens is 331 g/mol. The van der Waals surface area contributed by atoms with Gasteiger partial charge in [-0.25, -0.2) is 0 Å². The van der Waals surface area contributed by atoms with Crippen LogP contribution in [0, 0.1) is 0 Å². The highest BCUT2D eigenvalue weighted by atomic mass is 32.2. The summed E-state index contributed by atoms with van der Waals surface area (Å²) in [5, 5.41) is 0. The van der Waals surface area contributed by atoms with Gasteiger partial charge in [0.1, 0.15) is 0 Å². The van der Waals surface area contributed by atoms with Gasteiger partial charge in [-0.1, -0.05) is 19.1 Å². The third-order valence-corrected chi connectivity index (χ3v) is 5.11. The standard InChI is InChI=1S/C15H20F3NO3S/c1-2-8-19-9-4-6-13(11-19)12-5-3-7-14(10-12)23(20,21)22-15(16,17)18/h3,5,7,10,13H,2,4,6,8-9,11H2,1H3/t13-/m1/s1. The lowest BCUT2D eigenvalue weighted by atomic mass is 9.90. The molecule has 0 N–H and O–H groups in total. The average molecular weight is 351 g/mol. The zero-order chi connectivity index (χ0) is 17.1. The smallest absolute Gasteiger partial charge is 0.303 e. The van der Waals surface area contributed by atoms with Crippen molar-refractivity contribution in [1.82, 2.24) is 4.90 Å². The summed E-state index contributed by atoms with van der Waals surface area (Å²) in [6.07, 6.45) is -2.32. The maximum absolute atomic E-state index is 12.2. The molecule has 0 aromatic heterocycles. The molecule has 0 spiro atoms. The summed E-state index contributed by atoms with van der Waals surface area (Å²) >= 11 is 0. The lowest BCUT2D eigenvalue weighted by Crippen LogP contribution is -2.34. The second-order valence-corrected chi connectivity index (χ2v) is 7.24. The maximum atomic E-state index is 12.2. The number of alkyl halides is 3. The Hall–Kier alpha value is -1.12. The fourth-order valence-corrected chi connectivity index (χ4v) is 3.81. The van der Waals surface area contributed by atoms with Gasteiger partial charge < -0.3 is 4.90 Å². The van der Waals surface area contributed by atoms with E-state index in [9.17, 15) is 21.6 Å². The second-order valence-electron chi connectivity index (χ2n) is 5.70. The Balaban J connectivity index is 2.19. The van der Waals surface area contributed by atoms with Crippen LogP contribution in [-0.4, -0.2) is 39.3 Å². The molecular formula is C15H20F3NO3S. The molecule has 1 heterocycles. The molecule has 1 aromatic carbocycles. The van der Waals surface area contributed by atoms with Crippen molar-refractivity contribution in [2.45, 2.75) is 43.4 Å². The number of hydrogen-bond donors (Lipinski definition) is 0. The molecule has 1 fully saturated rings. The van der Waals surface area contributed by atoms with E-state index in [0.717, 1.165) is 50.5 Å². The Morgan fingerprint density at radius 3 is 2.74 bits per heavy atom. The number of rotatable bonds is 5. The topological polar surface area (TPSA) is 46.6 Å². The molecule has 0 aliphatic carbocycles. The molecule has 0 amide bonds. The van der Waals surface area contributed by atoms with Crippen molar-refractivity contribution >= 4 is 10.1 Å². The SMILES string of the molecule is CCCN1CCC[C@@H](c2cccc(S(=O)(=O)OC(F)(F)F)c2)C1. The molecule has 8 heteroatoms. The van der Waals surface area contributed by atoms with Gasteiger partial charge in [0.2, 0.25) is 0 Å². The maximum Gasteiger partial charge on any atom is 0.537 e. The minimum absolute atomic E-state index is 0.122. The fourth-order valence-electron chi connectivity index (χ4n) is 2.94. The van der Waals surface area contributed by atoms with Crippen molar-refractivity contribution in [3.05, 3.63) is 29.8 Å². The van der Waals surface area contributed by atoms with Gasteiger partial charge in [-0.3, -0.25) is 0 Å². The zero-order valence-corrected chi connectivity index (χ0v) is 13.7. The van der Waals surface area contributed by atoms with Crippen LogP contribution in [0.3, 0.4) is 0 Å². The van der Waals surface area contributed by atoms with Crippen LogP contribution in [0.1, 0.15) is 37.7 Å². The van der Waals surface area contributed by atoms with E-state index in [0.29, 0.717) is 0 Å². The van der Waals surface area contributed by atoms with Gasteiger partial charge >= 0.3 is 16.5 Å². The first kappa shape index (κ1) is 18.2. The molecule has 23 heavy (non-hydrogen) atoms. The van der Waals surface area contributed by atoms with Crippen molar-refractivity contribution in [2.75, 3.05) is 19.6 Å². The largest absolute Gasteiger partial charge is 0.537 e. The first-order valence-electron chi connectivity index (χ1n) is 7.56. The summed E-state index contributed by atoms with van der Waals surface area (Å²) < 4.78 is 63.3. The van der Waals surface area contributed by atoms with E-state index in [-0.39, 0.29) is 5.92 Å². The molecule has 1 aliphatic heterocycles. The molecule has 0 saturated carbocycles. The molecule has 130 valence electrons. The van der Waals surface area contributed by atoms with Gasteiger partial charge in [-0.05, 0) is 56.0 Å². The van der Waals surface area contributed by atoms with Crippen LogP contribution in [0.4, 0.5) is 13.2 Å². The van der Waals surface area contributed by atoms with E-state index in [1.807, 2.05) is 0 Å². The molecule has 1 saturated heterocycles. The van der Waals surface area contributed by atoms with Gasteiger partial charge in [0.15, 0.2) is 0 Å². The first-order valence-corrected chi connectivity index (χ1v) is 8.97. The summed E-state index contributed by atoms with van der Waals surface area (Å²) in [6.45, 7) is 4.84. The molecule has 1 atom stereocenters. The Morgan fingerprint density at radius 2 is 2.09 bits per heavy atom. The van der Waals surface area contributed by atoms with Crippen LogP contribution in [0.5, 0.6) is 0 Å². The number of halogens is 3. The van der Waals surface area contributed by atoms with E-state index in [1.165, 1.54) is 12.1 Å². The first-order chi connectivity index (χ1) is 10.7. The molecule has 1 aliphatic rings. The van der Waals surface area contributed by atoms with Gasteiger partial charge in [0.05, 0.1) is 4.90 Å². The van der Waals surface area contributed by atoms with Crippen LogP contribution in [0.2, 0.25) is 0 Å². The molecule has 4 nitrogen and oxygen atoms in total. The Kier molecular flexibility index (Phi) is 5.70. The van der Waals surface area contributed by atoms with Crippen molar-refractivity contribution < 1.29 is 25.8 Å². The molecule has 0 radical (unpaired) electrons. The van der Waals surface area contributed by atoms with Crippen LogP contribution in [-0.2, 0) is 14.3 Å². The highest BCUT2D eigenvalue weighted by Gasteiger charge is 2.38. The number of nitrogens with zero attached hydrogens (tertiary/aromatic N) is 1. The zero-order valence-electron chi connectivity index (χ0n) is 12.8. The Bertz CT molecular complexity index is 629. The lowest BCUT2D eigenvalue weighted by Gasteiger charge is -2.32. The predicted molar refractivity (Wildman–Crippen MR) is 79.5 cm³/mol. The number of hydrogen-bond acceptors (Lipinski definition) is 4. The van der Waals surface area contributed by atoms with E-state index in [4.69, 9.17) is 0 Å². The lowest BCUT2D eigenvalue weighted by molar-refractivity contribution is -0.271. The normalized spacial score (nSPS) is 20.6. The monoisotopic (exact) mass is 351 g/mol. The third kappa shape index (κ3) is 5.19. The van der Waals surface area contributed by atoms with Crippen molar-refractivity contribution in [3.63, 3.8) is 0 Å². The van der Waals surface area contributed by atoms with Gasteiger partial charge in [-0.15, -0.1) is 13.2 Å². The van der Waals surface area contributed by atoms with Gasteiger partial charge in [0, 0.05) is 6.54 Å². The van der Waals surface area contributed by atoms with Gasteiger partial charge in [0.25, 0.3) is 0 Å². The van der Waals surface area contributed by atoms with Gasteiger partial charge in [-0.2, -0.15) is 12.6 Å². The van der Waals surface area contributed by atoms with Crippen LogP contribution in [0.15, 0.2) is 29.2 Å². The number of likely N-dealkylation sites (tertiary alicyclic amines) is 1. The summed E-state index contributed by atoms with van der Waals surface area (Å²) in [6, 6.07) is 5.63. The highest BCUT2D eigenvalue weighted by Crippen LogP contribution is 2.30. The summed E-state index contributed by atoms with van der Waals surface area (Å²) in [7, 11) is -4.84. The van der Waals surface area contributed by atoms with E-state index < -0.39 is 21.4 Å². The minimum atomic E-state index is -5.22. The predicted octanol–water partition coefficient (Wildman–Crippen LogP) is 3.50. The molecule has 0 bridgehead atoms.